The average Bonchev–Trinajstić information content (AvgIpc) is 2.67. The van der Waals surface area contributed by atoms with Gasteiger partial charge >= 0.3 is 5.97 Å². The Bertz CT molecular complexity index is 507. The number of aliphatic carboxylic acids is 1. The summed E-state index contributed by atoms with van der Waals surface area (Å²) in [6.45, 7) is 0.374. The highest BCUT2D eigenvalue weighted by molar-refractivity contribution is 6.21. The predicted molar refractivity (Wildman–Crippen MR) is 70.3 cm³/mol. The topological polar surface area (TPSA) is 87.6 Å². The number of nitrogens with zero attached hydrogens (tertiary/aromatic N) is 2. The average molecular weight is 276 g/mol. The molecule has 1 aromatic heterocycles. The number of carbonyl (C=O) groups excluding carboxylic acids is 2. The SMILES string of the molecule is O=C(O)CCCCCCN1C(=O)c2ccncc2C1=O. The Hall–Kier alpha value is -2.24. The van der Waals surface area contributed by atoms with Crippen LogP contribution in [0.2, 0.25) is 0 Å². The Kier molecular flexibility index (Phi) is 4.45. The molecule has 2 rings (SSSR count). The van der Waals surface area contributed by atoms with E-state index < -0.39 is 5.97 Å². The molecule has 20 heavy (non-hydrogen) atoms. The highest BCUT2D eigenvalue weighted by Crippen LogP contribution is 2.22. The molecule has 0 fully saturated rings. The summed E-state index contributed by atoms with van der Waals surface area (Å²) < 4.78 is 0. The van der Waals surface area contributed by atoms with Crippen LogP contribution in [0.3, 0.4) is 0 Å². The summed E-state index contributed by atoms with van der Waals surface area (Å²) in [5.74, 6) is -1.35. The summed E-state index contributed by atoms with van der Waals surface area (Å²) >= 11 is 0. The van der Waals surface area contributed by atoms with E-state index in [1.54, 1.807) is 6.07 Å². The zero-order valence-electron chi connectivity index (χ0n) is 11.0. The fraction of sp³-hybridized carbons (Fsp3) is 0.429. The molecule has 6 nitrogen and oxygen atoms in total. The van der Waals surface area contributed by atoms with Gasteiger partial charge in [0.15, 0.2) is 0 Å². The van der Waals surface area contributed by atoms with Crippen molar-refractivity contribution in [3.63, 3.8) is 0 Å². The van der Waals surface area contributed by atoms with Crippen molar-refractivity contribution in [3.8, 4) is 0 Å². The number of pyridine rings is 1. The molecule has 0 spiro atoms. The molecule has 0 aromatic carbocycles. The molecule has 0 radical (unpaired) electrons. The number of hydrogen-bond acceptors (Lipinski definition) is 4. The lowest BCUT2D eigenvalue weighted by atomic mass is 10.1. The van der Waals surface area contributed by atoms with Gasteiger partial charge in [-0.2, -0.15) is 0 Å². The predicted octanol–water partition coefficient (Wildman–Crippen LogP) is 1.71. The third-order valence-electron chi connectivity index (χ3n) is 3.29. The second-order valence-corrected chi connectivity index (χ2v) is 4.74. The van der Waals surface area contributed by atoms with Crippen LogP contribution in [0.25, 0.3) is 0 Å². The van der Waals surface area contributed by atoms with Gasteiger partial charge in [0.2, 0.25) is 0 Å². The van der Waals surface area contributed by atoms with Crippen molar-refractivity contribution in [2.24, 2.45) is 0 Å². The molecule has 1 aromatic rings. The number of unbranched alkanes of at least 4 members (excludes halogenated alkanes) is 3. The van der Waals surface area contributed by atoms with Crippen LogP contribution in [-0.4, -0.2) is 39.3 Å². The van der Waals surface area contributed by atoms with E-state index in [-0.39, 0.29) is 18.2 Å². The van der Waals surface area contributed by atoms with Gasteiger partial charge in [0.1, 0.15) is 0 Å². The number of carboxylic acids is 1. The van der Waals surface area contributed by atoms with Crippen molar-refractivity contribution in [2.75, 3.05) is 6.54 Å². The lowest BCUT2D eigenvalue weighted by molar-refractivity contribution is -0.137. The van der Waals surface area contributed by atoms with Gasteiger partial charge in [0.05, 0.1) is 11.1 Å². The van der Waals surface area contributed by atoms with Gasteiger partial charge in [0.25, 0.3) is 11.8 Å². The largest absolute Gasteiger partial charge is 0.481 e. The van der Waals surface area contributed by atoms with Crippen LogP contribution < -0.4 is 0 Å². The van der Waals surface area contributed by atoms with E-state index in [0.29, 0.717) is 30.5 Å². The van der Waals surface area contributed by atoms with Crippen molar-refractivity contribution in [1.29, 1.82) is 0 Å². The molecule has 0 bridgehead atoms. The smallest absolute Gasteiger partial charge is 0.303 e. The van der Waals surface area contributed by atoms with Crippen molar-refractivity contribution in [1.82, 2.24) is 9.88 Å². The molecule has 0 saturated carbocycles. The van der Waals surface area contributed by atoms with E-state index in [1.165, 1.54) is 17.3 Å². The third kappa shape index (κ3) is 3.01. The second kappa shape index (κ2) is 6.27. The van der Waals surface area contributed by atoms with Gasteiger partial charge < -0.3 is 5.11 Å². The second-order valence-electron chi connectivity index (χ2n) is 4.74. The molecule has 0 unspecified atom stereocenters. The van der Waals surface area contributed by atoms with Crippen LogP contribution in [0, 0.1) is 0 Å². The molecule has 1 aliphatic rings. The summed E-state index contributed by atoms with van der Waals surface area (Å²) in [6, 6.07) is 1.56. The van der Waals surface area contributed by atoms with Crippen LogP contribution in [0.5, 0.6) is 0 Å². The van der Waals surface area contributed by atoms with Crippen LogP contribution in [-0.2, 0) is 4.79 Å². The molecule has 0 aliphatic carbocycles. The summed E-state index contributed by atoms with van der Waals surface area (Å²) in [5.41, 5.74) is 0.777. The van der Waals surface area contributed by atoms with Gasteiger partial charge in [-0.05, 0) is 18.9 Å². The molecule has 0 atom stereocenters. The molecule has 106 valence electrons. The van der Waals surface area contributed by atoms with Crippen molar-refractivity contribution < 1.29 is 19.5 Å². The molecular weight excluding hydrogens is 260 g/mol. The molecule has 2 heterocycles. The molecule has 2 amide bonds. The van der Waals surface area contributed by atoms with E-state index in [1.807, 2.05) is 0 Å². The first kappa shape index (κ1) is 14.2. The zero-order chi connectivity index (χ0) is 14.5. The molecule has 1 aliphatic heterocycles. The van der Waals surface area contributed by atoms with Gasteiger partial charge in [0, 0.05) is 25.4 Å². The number of fused-ring (bicyclic) bond motifs is 1. The summed E-state index contributed by atoms with van der Waals surface area (Å²) in [7, 11) is 0. The van der Waals surface area contributed by atoms with E-state index >= 15 is 0 Å². The zero-order valence-corrected chi connectivity index (χ0v) is 11.0. The molecule has 0 saturated heterocycles. The monoisotopic (exact) mass is 276 g/mol. The maximum atomic E-state index is 12.0. The standard InChI is InChI=1S/C14H16N2O4/c17-12(18)5-3-1-2-4-8-16-13(19)10-6-7-15-9-11(10)14(16)20/h6-7,9H,1-5,8H2,(H,17,18). The maximum absolute atomic E-state index is 12.0. The van der Waals surface area contributed by atoms with E-state index in [0.717, 1.165) is 12.8 Å². The summed E-state index contributed by atoms with van der Waals surface area (Å²) in [4.78, 5) is 39.5. The van der Waals surface area contributed by atoms with Gasteiger partial charge in [-0.25, -0.2) is 0 Å². The van der Waals surface area contributed by atoms with Crippen LogP contribution in [0.15, 0.2) is 18.5 Å². The van der Waals surface area contributed by atoms with E-state index in [2.05, 4.69) is 4.98 Å². The third-order valence-corrected chi connectivity index (χ3v) is 3.29. The first-order chi connectivity index (χ1) is 9.61. The van der Waals surface area contributed by atoms with Crippen molar-refractivity contribution >= 4 is 17.8 Å². The number of rotatable bonds is 7. The lowest BCUT2D eigenvalue weighted by Gasteiger charge is -2.13. The number of aromatic nitrogens is 1. The van der Waals surface area contributed by atoms with Gasteiger partial charge in [-0.1, -0.05) is 12.8 Å². The fourth-order valence-electron chi connectivity index (χ4n) is 2.24. The minimum Gasteiger partial charge on any atom is -0.481 e. The van der Waals surface area contributed by atoms with Crippen molar-refractivity contribution in [2.45, 2.75) is 32.1 Å². The minimum atomic E-state index is -0.794. The molecule has 1 N–H and O–H groups in total. The Morgan fingerprint density at radius 2 is 1.80 bits per heavy atom. The van der Waals surface area contributed by atoms with Crippen LogP contribution in [0.4, 0.5) is 0 Å². The highest BCUT2D eigenvalue weighted by atomic mass is 16.4. The number of carboxylic acid groups (broad SMARTS) is 1. The first-order valence-electron chi connectivity index (χ1n) is 6.63. The Balaban J connectivity index is 1.79. The number of imide groups is 1. The summed E-state index contributed by atoms with van der Waals surface area (Å²) in [6.07, 6.45) is 6.00. The number of amides is 2. The van der Waals surface area contributed by atoms with Crippen molar-refractivity contribution in [3.05, 3.63) is 29.6 Å². The molecular formula is C14H16N2O4. The van der Waals surface area contributed by atoms with Gasteiger partial charge in [-0.15, -0.1) is 0 Å². The van der Waals surface area contributed by atoms with E-state index in [4.69, 9.17) is 5.11 Å². The van der Waals surface area contributed by atoms with Crippen LogP contribution >= 0.6 is 0 Å². The Morgan fingerprint density at radius 3 is 2.50 bits per heavy atom. The fourth-order valence-corrected chi connectivity index (χ4v) is 2.24. The Morgan fingerprint density at radius 1 is 1.10 bits per heavy atom. The lowest BCUT2D eigenvalue weighted by Crippen LogP contribution is -2.30. The Labute approximate surface area is 116 Å². The number of hydrogen-bond donors (Lipinski definition) is 1. The summed E-state index contributed by atoms with van der Waals surface area (Å²) in [5, 5.41) is 8.51. The minimum absolute atomic E-state index is 0.165. The normalized spacial score (nSPS) is 13.7. The maximum Gasteiger partial charge on any atom is 0.303 e. The highest BCUT2D eigenvalue weighted by Gasteiger charge is 2.34. The van der Waals surface area contributed by atoms with Crippen LogP contribution in [0.1, 0.15) is 52.8 Å². The number of carbonyl (C=O) groups is 3. The quantitative estimate of drug-likeness (QED) is 0.605. The molecule has 6 heteroatoms. The van der Waals surface area contributed by atoms with E-state index in [9.17, 15) is 14.4 Å². The van der Waals surface area contributed by atoms with Gasteiger partial charge in [-0.3, -0.25) is 24.3 Å². The first-order valence-corrected chi connectivity index (χ1v) is 6.63.